The van der Waals surface area contributed by atoms with E-state index >= 15 is 0 Å². The fourth-order valence-corrected chi connectivity index (χ4v) is 5.13. The van der Waals surface area contributed by atoms with Crippen LogP contribution in [0.5, 0.6) is 0 Å². The molecule has 5 rings (SSSR count). The van der Waals surface area contributed by atoms with Crippen molar-refractivity contribution in [2.75, 3.05) is 6.54 Å². The monoisotopic (exact) mass is 476 g/mol. The van der Waals surface area contributed by atoms with Gasteiger partial charge in [-0.1, -0.05) is 6.07 Å². The Balaban J connectivity index is 1.45. The number of rotatable bonds is 5. The topological polar surface area (TPSA) is 160 Å². The van der Waals surface area contributed by atoms with Crippen LogP contribution in [0.2, 0.25) is 0 Å². The van der Waals surface area contributed by atoms with Crippen LogP contribution in [-0.4, -0.2) is 60.9 Å². The third kappa shape index (κ3) is 3.78. The van der Waals surface area contributed by atoms with Gasteiger partial charge in [-0.05, 0) is 55.4 Å². The minimum absolute atomic E-state index is 0.0325. The van der Waals surface area contributed by atoms with Crippen molar-refractivity contribution in [3.63, 3.8) is 0 Å². The maximum atomic E-state index is 13.4. The summed E-state index contributed by atoms with van der Waals surface area (Å²) in [5.41, 5.74) is 8.71. The number of hydrogen-bond donors (Lipinski definition) is 3. The summed E-state index contributed by atoms with van der Waals surface area (Å²) in [5.74, 6) is -2.46. The lowest BCUT2D eigenvalue weighted by Crippen LogP contribution is -2.44. The maximum absolute atomic E-state index is 13.4. The molecule has 0 radical (unpaired) electrons. The van der Waals surface area contributed by atoms with Crippen LogP contribution < -0.4 is 11.1 Å². The van der Waals surface area contributed by atoms with Crippen LogP contribution in [0.1, 0.15) is 73.3 Å². The van der Waals surface area contributed by atoms with Gasteiger partial charge in [0.1, 0.15) is 17.4 Å². The van der Waals surface area contributed by atoms with Crippen LogP contribution in [0.25, 0.3) is 5.65 Å². The fraction of sp³-hybridized carbons (Fsp3) is 0.333. The lowest BCUT2D eigenvalue weighted by atomic mass is 9.98. The zero-order valence-electron chi connectivity index (χ0n) is 19.0. The van der Waals surface area contributed by atoms with Crippen molar-refractivity contribution in [3.8, 4) is 0 Å². The highest BCUT2D eigenvalue weighted by atomic mass is 16.4. The predicted molar refractivity (Wildman–Crippen MR) is 123 cm³/mol. The first-order valence-electron chi connectivity index (χ1n) is 11.4. The lowest BCUT2D eigenvalue weighted by Gasteiger charge is -2.22. The Bertz CT molecular complexity index is 1400. The number of likely N-dealkylation sites (tertiary alicyclic amines) is 1. The molecule has 1 fully saturated rings. The number of carboxylic acids is 1. The van der Waals surface area contributed by atoms with Crippen LogP contribution >= 0.6 is 0 Å². The number of carboxylic acid groups (broad SMARTS) is 1. The zero-order chi connectivity index (χ0) is 24.9. The van der Waals surface area contributed by atoms with Crippen LogP contribution in [-0.2, 0) is 11.2 Å². The molecule has 2 aliphatic rings. The van der Waals surface area contributed by atoms with E-state index in [4.69, 9.17) is 5.73 Å². The van der Waals surface area contributed by atoms with Gasteiger partial charge in [0, 0.05) is 18.7 Å². The van der Waals surface area contributed by atoms with Gasteiger partial charge in [0.25, 0.3) is 11.8 Å². The minimum Gasteiger partial charge on any atom is -0.478 e. The third-order valence-electron chi connectivity index (χ3n) is 6.88. The second kappa shape index (κ2) is 8.49. The Morgan fingerprint density at radius 3 is 2.71 bits per heavy atom. The van der Waals surface area contributed by atoms with E-state index in [2.05, 4.69) is 15.4 Å². The summed E-state index contributed by atoms with van der Waals surface area (Å²) in [5, 5.41) is 16.6. The molecule has 3 heterocycles. The Morgan fingerprint density at radius 1 is 1.17 bits per heavy atom. The summed E-state index contributed by atoms with van der Waals surface area (Å²) in [6.45, 7) is 2.16. The lowest BCUT2D eigenvalue weighted by molar-refractivity contribution is -0.121. The molecule has 0 unspecified atom stereocenters. The quantitative estimate of drug-likeness (QED) is 0.499. The van der Waals surface area contributed by atoms with E-state index in [9.17, 15) is 24.3 Å². The Hall–Kier alpha value is -4.28. The normalized spacial score (nSPS) is 19.1. The molecule has 1 aliphatic carbocycles. The number of nitrogens with two attached hydrogens (primary N) is 1. The standard InChI is InChI=1S/C24H24N6O5/c1-12-13-6-7-16(15(13)5-4-14(12)24(34)35)28-22(32)19-11-17(27-20-8-9-26-30(19)20)23(33)29-10-2-3-18(29)21(25)31/h4-5,8-9,11,16,18H,2-3,6-7,10H2,1H3,(H2,25,31)(H,28,32)(H,34,35)/t16-,18-/m0/s1. The highest BCUT2D eigenvalue weighted by Gasteiger charge is 2.35. The molecule has 11 nitrogen and oxygen atoms in total. The molecule has 2 aromatic heterocycles. The number of carbonyl (C=O) groups is 4. The first-order chi connectivity index (χ1) is 16.8. The van der Waals surface area contributed by atoms with E-state index in [1.54, 1.807) is 25.1 Å². The predicted octanol–water partition coefficient (Wildman–Crippen LogP) is 1.24. The summed E-state index contributed by atoms with van der Waals surface area (Å²) in [7, 11) is 0. The number of benzene rings is 1. The van der Waals surface area contributed by atoms with E-state index in [-0.39, 0.29) is 23.0 Å². The summed E-state index contributed by atoms with van der Waals surface area (Å²) < 4.78 is 1.36. The average Bonchev–Trinajstić information content (AvgIpc) is 3.57. The van der Waals surface area contributed by atoms with E-state index in [0.29, 0.717) is 43.4 Å². The van der Waals surface area contributed by atoms with Crippen molar-refractivity contribution in [1.82, 2.24) is 24.8 Å². The summed E-state index contributed by atoms with van der Waals surface area (Å²) in [6, 6.07) is 5.26. The summed E-state index contributed by atoms with van der Waals surface area (Å²) >= 11 is 0. The highest BCUT2D eigenvalue weighted by Crippen LogP contribution is 2.35. The van der Waals surface area contributed by atoms with Gasteiger partial charge >= 0.3 is 5.97 Å². The second-order valence-corrected chi connectivity index (χ2v) is 8.86. The number of primary amides is 1. The first kappa shape index (κ1) is 22.5. The molecule has 180 valence electrons. The number of aromatic nitrogens is 3. The third-order valence-corrected chi connectivity index (χ3v) is 6.88. The molecule has 0 spiro atoms. The van der Waals surface area contributed by atoms with Crippen molar-refractivity contribution in [2.45, 2.75) is 44.7 Å². The SMILES string of the molecule is Cc1c(C(=O)O)ccc2c1CC[C@@H]2NC(=O)c1cc(C(=O)N2CCC[C@H]2C(N)=O)nc2ccnn12. The van der Waals surface area contributed by atoms with Crippen molar-refractivity contribution in [3.05, 3.63) is 64.1 Å². The number of fused-ring (bicyclic) bond motifs is 2. The van der Waals surface area contributed by atoms with Crippen molar-refractivity contribution < 1.29 is 24.3 Å². The number of nitrogens with zero attached hydrogens (tertiary/aromatic N) is 4. The fourth-order valence-electron chi connectivity index (χ4n) is 5.13. The molecule has 1 aliphatic heterocycles. The molecule has 11 heteroatoms. The van der Waals surface area contributed by atoms with Gasteiger partial charge in [-0.15, -0.1) is 0 Å². The molecule has 1 saturated heterocycles. The maximum Gasteiger partial charge on any atom is 0.335 e. The van der Waals surface area contributed by atoms with Crippen LogP contribution in [0.3, 0.4) is 0 Å². The van der Waals surface area contributed by atoms with Gasteiger partial charge in [-0.3, -0.25) is 14.4 Å². The molecule has 3 aromatic rings. The van der Waals surface area contributed by atoms with E-state index < -0.39 is 29.7 Å². The van der Waals surface area contributed by atoms with Gasteiger partial charge in [0.05, 0.1) is 17.8 Å². The molecule has 0 bridgehead atoms. The van der Waals surface area contributed by atoms with Gasteiger partial charge in [0.15, 0.2) is 5.65 Å². The summed E-state index contributed by atoms with van der Waals surface area (Å²) in [6.07, 6.45) is 3.91. The number of aromatic carboxylic acids is 1. The number of carbonyl (C=O) groups excluding carboxylic acids is 3. The average molecular weight is 476 g/mol. The van der Waals surface area contributed by atoms with E-state index in [1.807, 2.05) is 0 Å². The van der Waals surface area contributed by atoms with E-state index in [1.165, 1.54) is 21.7 Å². The molecular formula is C24H24N6O5. The largest absolute Gasteiger partial charge is 0.478 e. The first-order valence-corrected chi connectivity index (χ1v) is 11.4. The van der Waals surface area contributed by atoms with Gasteiger partial charge in [0.2, 0.25) is 5.91 Å². The van der Waals surface area contributed by atoms with Crippen molar-refractivity contribution >= 4 is 29.3 Å². The Kier molecular flexibility index (Phi) is 5.46. The van der Waals surface area contributed by atoms with Crippen LogP contribution in [0.15, 0.2) is 30.5 Å². The van der Waals surface area contributed by atoms with Gasteiger partial charge < -0.3 is 21.1 Å². The number of amides is 3. The summed E-state index contributed by atoms with van der Waals surface area (Å²) in [4.78, 5) is 55.5. The highest BCUT2D eigenvalue weighted by molar-refractivity contribution is 6.00. The molecule has 3 amide bonds. The second-order valence-electron chi connectivity index (χ2n) is 8.86. The molecule has 1 aromatic carbocycles. The molecule has 2 atom stereocenters. The Morgan fingerprint density at radius 2 is 1.97 bits per heavy atom. The van der Waals surface area contributed by atoms with Gasteiger partial charge in [-0.25, -0.2) is 14.3 Å². The molecule has 0 saturated carbocycles. The minimum atomic E-state index is -0.982. The smallest absolute Gasteiger partial charge is 0.335 e. The zero-order valence-corrected chi connectivity index (χ0v) is 19.0. The van der Waals surface area contributed by atoms with Crippen molar-refractivity contribution in [2.24, 2.45) is 5.73 Å². The van der Waals surface area contributed by atoms with Gasteiger partial charge in [-0.2, -0.15) is 5.10 Å². The van der Waals surface area contributed by atoms with E-state index in [0.717, 1.165) is 11.1 Å². The molecular weight excluding hydrogens is 452 g/mol. The Labute approximate surface area is 199 Å². The van der Waals surface area contributed by atoms with Crippen LogP contribution in [0.4, 0.5) is 0 Å². The number of nitrogens with one attached hydrogen (secondary N) is 1. The van der Waals surface area contributed by atoms with Crippen molar-refractivity contribution in [1.29, 1.82) is 0 Å². The molecule has 35 heavy (non-hydrogen) atoms. The van der Waals surface area contributed by atoms with Crippen LogP contribution in [0, 0.1) is 6.92 Å². The molecule has 4 N–H and O–H groups in total. The number of hydrogen-bond acceptors (Lipinski definition) is 6.